The minimum absolute atomic E-state index is 0.575. The molecule has 1 rings (SSSR count). The second-order valence-corrected chi connectivity index (χ2v) is 6.18. The van der Waals surface area contributed by atoms with Crippen LogP contribution >= 0.6 is 0 Å². The van der Waals surface area contributed by atoms with Crippen molar-refractivity contribution in [2.75, 3.05) is 6.54 Å². The van der Waals surface area contributed by atoms with Crippen molar-refractivity contribution in [1.29, 1.82) is 0 Å². The van der Waals surface area contributed by atoms with Gasteiger partial charge in [0.25, 0.3) is 0 Å². The Morgan fingerprint density at radius 1 is 1.27 bits per heavy atom. The summed E-state index contributed by atoms with van der Waals surface area (Å²) in [5.41, 5.74) is 0.575. The lowest BCUT2D eigenvalue weighted by molar-refractivity contribution is 0.281. The van der Waals surface area contributed by atoms with E-state index >= 15 is 0 Å². The Balaban J connectivity index is 2.53. The zero-order valence-electron chi connectivity index (χ0n) is 11.3. The van der Waals surface area contributed by atoms with E-state index in [2.05, 4.69) is 39.9 Å². The molecule has 1 heteroatoms. The van der Waals surface area contributed by atoms with Crippen molar-refractivity contribution in [2.24, 2.45) is 17.3 Å². The summed E-state index contributed by atoms with van der Waals surface area (Å²) < 4.78 is 0. The van der Waals surface area contributed by atoms with Crippen molar-refractivity contribution in [2.45, 2.75) is 66.3 Å². The lowest BCUT2D eigenvalue weighted by atomic mass is 9.87. The third-order valence-electron chi connectivity index (χ3n) is 4.01. The average Bonchev–Trinajstić information content (AvgIpc) is 2.42. The highest BCUT2D eigenvalue weighted by Gasteiger charge is 2.39. The number of nitrogens with one attached hydrogen (secondary N) is 1. The van der Waals surface area contributed by atoms with Crippen molar-refractivity contribution in [1.82, 2.24) is 5.32 Å². The van der Waals surface area contributed by atoms with Gasteiger partial charge >= 0.3 is 0 Å². The van der Waals surface area contributed by atoms with E-state index in [1.165, 1.54) is 32.2 Å². The van der Waals surface area contributed by atoms with Crippen LogP contribution in [0.3, 0.4) is 0 Å². The summed E-state index contributed by atoms with van der Waals surface area (Å²) in [7, 11) is 0. The van der Waals surface area contributed by atoms with E-state index in [1.807, 2.05) is 0 Å². The van der Waals surface area contributed by atoms with Crippen molar-refractivity contribution >= 4 is 0 Å². The molecule has 0 aromatic heterocycles. The first kappa shape index (κ1) is 13.0. The van der Waals surface area contributed by atoms with Gasteiger partial charge in [-0.05, 0) is 49.5 Å². The molecule has 90 valence electrons. The molecule has 1 aliphatic rings. The Bertz CT molecular complexity index is 186. The number of hydrogen-bond acceptors (Lipinski definition) is 1. The van der Waals surface area contributed by atoms with Crippen LogP contribution in [0.2, 0.25) is 0 Å². The van der Waals surface area contributed by atoms with Crippen LogP contribution in [0.4, 0.5) is 0 Å². The molecule has 0 aliphatic heterocycles. The van der Waals surface area contributed by atoms with Gasteiger partial charge in [-0.25, -0.2) is 0 Å². The fourth-order valence-electron chi connectivity index (χ4n) is 3.41. The zero-order chi connectivity index (χ0) is 11.5. The first-order valence-electron chi connectivity index (χ1n) is 6.73. The Kier molecular flexibility index (Phi) is 4.64. The maximum Gasteiger partial charge on any atom is 0.00954 e. The standard InChI is InChI=1S/C14H29N/c1-6-8-15-13(7-2)12-10-14(4,5)9-11(12)3/h11-13,15H,6-10H2,1-5H3. The predicted octanol–water partition coefficient (Wildman–Crippen LogP) is 3.84. The molecule has 0 aromatic carbocycles. The van der Waals surface area contributed by atoms with Gasteiger partial charge in [0, 0.05) is 6.04 Å². The zero-order valence-corrected chi connectivity index (χ0v) is 11.3. The molecular weight excluding hydrogens is 182 g/mol. The van der Waals surface area contributed by atoms with Crippen LogP contribution in [-0.2, 0) is 0 Å². The van der Waals surface area contributed by atoms with Crippen LogP contribution in [0.25, 0.3) is 0 Å². The minimum Gasteiger partial charge on any atom is -0.314 e. The lowest BCUT2D eigenvalue weighted by Gasteiger charge is -2.27. The third kappa shape index (κ3) is 3.48. The highest BCUT2D eigenvalue weighted by Crippen LogP contribution is 2.46. The Morgan fingerprint density at radius 2 is 1.93 bits per heavy atom. The van der Waals surface area contributed by atoms with Crippen LogP contribution in [-0.4, -0.2) is 12.6 Å². The summed E-state index contributed by atoms with van der Waals surface area (Å²) in [6.45, 7) is 13.1. The van der Waals surface area contributed by atoms with E-state index < -0.39 is 0 Å². The molecule has 3 atom stereocenters. The lowest BCUT2D eigenvalue weighted by Crippen LogP contribution is -2.37. The Labute approximate surface area is 96.0 Å². The summed E-state index contributed by atoms with van der Waals surface area (Å²) in [5.74, 6) is 1.80. The number of hydrogen-bond donors (Lipinski definition) is 1. The van der Waals surface area contributed by atoms with E-state index in [4.69, 9.17) is 0 Å². The molecule has 1 fully saturated rings. The topological polar surface area (TPSA) is 12.0 Å². The normalized spacial score (nSPS) is 31.8. The quantitative estimate of drug-likeness (QED) is 0.728. The molecule has 1 nitrogen and oxygen atoms in total. The van der Waals surface area contributed by atoms with Crippen molar-refractivity contribution in [3.8, 4) is 0 Å². The second-order valence-electron chi connectivity index (χ2n) is 6.18. The van der Waals surface area contributed by atoms with Crippen LogP contribution < -0.4 is 5.32 Å². The first-order valence-corrected chi connectivity index (χ1v) is 6.73. The molecule has 0 spiro atoms. The summed E-state index contributed by atoms with van der Waals surface area (Å²) in [5, 5.41) is 3.73. The summed E-state index contributed by atoms with van der Waals surface area (Å²) in [6.07, 6.45) is 5.34. The Hall–Kier alpha value is -0.0400. The van der Waals surface area contributed by atoms with Crippen molar-refractivity contribution < 1.29 is 0 Å². The molecule has 3 unspecified atom stereocenters. The first-order chi connectivity index (χ1) is 7.00. The molecule has 1 saturated carbocycles. The van der Waals surface area contributed by atoms with E-state index in [1.54, 1.807) is 0 Å². The molecule has 0 aromatic rings. The van der Waals surface area contributed by atoms with Gasteiger partial charge in [-0.15, -0.1) is 0 Å². The molecule has 0 heterocycles. The fraction of sp³-hybridized carbons (Fsp3) is 1.00. The minimum atomic E-state index is 0.575. The van der Waals surface area contributed by atoms with E-state index in [0.29, 0.717) is 5.41 Å². The van der Waals surface area contributed by atoms with E-state index in [-0.39, 0.29) is 0 Å². The van der Waals surface area contributed by atoms with Gasteiger partial charge in [-0.1, -0.05) is 34.6 Å². The second kappa shape index (κ2) is 5.34. The monoisotopic (exact) mass is 211 g/mol. The van der Waals surface area contributed by atoms with Gasteiger partial charge in [0.15, 0.2) is 0 Å². The molecule has 1 N–H and O–H groups in total. The SMILES string of the molecule is CCCNC(CC)C1CC(C)(C)CC1C. The van der Waals surface area contributed by atoms with Crippen LogP contribution in [0.15, 0.2) is 0 Å². The summed E-state index contributed by atoms with van der Waals surface area (Å²) >= 11 is 0. The van der Waals surface area contributed by atoms with Gasteiger partial charge in [0.2, 0.25) is 0 Å². The maximum atomic E-state index is 3.73. The van der Waals surface area contributed by atoms with Gasteiger partial charge in [-0.2, -0.15) is 0 Å². The summed E-state index contributed by atoms with van der Waals surface area (Å²) in [6, 6.07) is 0.752. The van der Waals surface area contributed by atoms with Gasteiger partial charge in [0.1, 0.15) is 0 Å². The molecular formula is C14H29N. The molecule has 0 bridgehead atoms. The third-order valence-corrected chi connectivity index (χ3v) is 4.01. The van der Waals surface area contributed by atoms with Crippen LogP contribution in [0, 0.1) is 17.3 Å². The van der Waals surface area contributed by atoms with E-state index in [9.17, 15) is 0 Å². The summed E-state index contributed by atoms with van der Waals surface area (Å²) in [4.78, 5) is 0. The molecule has 0 saturated heterocycles. The largest absolute Gasteiger partial charge is 0.314 e. The molecule has 15 heavy (non-hydrogen) atoms. The smallest absolute Gasteiger partial charge is 0.00954 e. The van der Waals surface area contributed by atoms with Gasteiger partial charge < -0.3 is 5.32 Å². The highest BCUT2D eigenvalue weighted by atomic mass is 14.9. The van der Waals surface area contributed by atoms with Crippen LogP contribution in [0.5, 0.6) is 0 Å². The molecule has 0 amide bonds. The average molecular weight is 211 g/mol. The van der Waals surface area contributed by atoms with E-state index in [0.717, 1.165) is 17.9 Å². The fourth-order valence-corrected chi connectivity index (χ4v) is 3.41. The van der Waals surface area contributed by atoms with Crippen molar-refractivity contribution in [3.05, 3.63) is 0 Å². The van der Waals surface area contributed by atoms with Gasteiger partial charge in [-0.3, -0.25) is 0 Å². The predicted molar refractivity (Wildman–Crippen MR) is 68.0 cm³/mol. The molecule has 0 radical (unpaired) electrons. The van der Waals surface area contributed by atoms with Crippen LogP contribution in [0.1, 0.15) is 60.3 Å². The number of rotatable bonds is 5. The Morgan fingerprint density at radius 3 is 2.33 bits per heavy atom. The highest BCUT2D eigenvalue weighted by molar-refractivity contribution is 4.92. The maximum absolute atomic E-state index is 3.73. The van der Waals surface area contributed by atoms with Crippen molar-refractivity contribution in [3.63, 3.8) is 0 Å². The van der Waals surface area contributed by atoms with Gasteiger partial charge in [0.05, 0.1) is 0 Å². The molecule has 1 aliphatic carbocycles.